The summed E-state index contributed by atoms with van der Waals surface area (Å²) in [6.45, 7) is 10.8. The summed E-state index contributed by atoms with van der Waals surface area (Å²) in [5.41, 5.74) is 0. The lowest BCUT2D eigenvalue weighted by atomic mass is 9.97. The lowest BCUT2D eigenvalue weighted by Crippen LogP contribution is -2.66. The van der Waals surface area contributed by atoms with E-state index in [1.807, 2.05) is 18.6 Å². The highest BCUT2D eigenvalue weighted by atomic mass is 32.2. The minimum atomic E-state index is -4.83. The summed E-state index contributed by atoms with van der Waals surface area (Å²) in [6, 6.07) is -1.29. The summed E-state index contributed by atoms with van der Waals surface area (Å²) in [4.78, 5) is 0. The minimum absolute atomic E-state index is 0.0669. The first kappa shape index (κ1) is 22.7. The second kappa shape index (κ2) is 9.56. The van der Waals surface area contributed by atoms with Crippen LogP contribution < -0.4 is 4.72 Å². The number of ether oxygens (including phenoxy) is 4. The molecular formula is C15H30NO8S-. The van der Waals surface area contributed by atoms with Gasteiger partial charge >= 0.3 is 0 Å². The van der Waals surface area contributed by atoms with Crippen LogP contribution >= 0.6 is 0 Å². The Hall–Kier alpha value is -0.330. The van der Waals surface area contributed by atoms with Crippen molar-refractivity contribution in [1.29, 1.82) is 0 Å². The van der Waals surface area contributed by atoms with E-state index in [1.54, 1.807) is 27.7 Å². The van der Waals surface area contributed by atoms with Crippen LogP contribution in [-0.4, -0.2) is 73.6 Å². The standard InChI is InChI=1S/C15H31NO8S/c1-8(2)21-7-11-14(22-9(3)4)13(17)12(16-25(18,19)20)15(24-11)23-10(5)6/h8-17H,7H2,1-6H3,(H,18,19,20)/p-1/t11?,12?,13-,14-,15-/m1/s1. The van der Waals surface area contributed by atoms with Gasteiger partial charge in [0.15, 0.2) is 16.6 Å². The lowest BCUT2D eigenvalue weighted by molar-refractivity contribution is -0.291. The van der Waals surface area contributed by atoms with E-state index in [2.05, 4.69) is 0 Å². The van der Waals surface area contributed by atoms with E-state index < -0.39 is 40.9 Å². The van der Waals surface area contributed by atoms with Gasteiger partial charge in [0.2, 0.25) is 0 Å². The zero-order valence-corrected chi connectivity index (χ0v) is 16.4. The quantitative estimate of drug-likeness (QED) is 0.537. The van der Waals surface area contributed by atoms with Crippen molar-refractivity contribution in [3.63, 3.8) is 0 Å². The number of aliphatic hydroxyl groups excluding tert-OH is 1. The van der Waals surface area contributed by atoms with Crippen molar-refractivity contribution in [2.45, 2.75) is 90.5 Å². The molecule has 150 valence electrons. The Morgan fingerprint density at radius 2 is 1.64 bits per heavy atom. The van der Waals surface area contributed by atoms with E-state index in [1.165, 1.54) is 0 Å². The predicted octanol–water partition coefficient (Wildman–Crippen LogP) is 0.134. The van der Waals surface area contributed by atoms with Gasteiger partial charge in [-0.2, -0.15) is 0 Å². The van der Waals surface area contributed by atoms with Crippen molar-refractivity contribution in [2.24, 2.45) is 0 Å². The highest BCUT2D eigenvalue weighted by Gasteiger charge is 2.47. The number of hydrogen-bond acceptors (Lipinski definition) is 8. The predicted molar refractivity (Wildman–Crippen MR) is 88.6 cm³/mol. The van der Waals surface area contributed by atoms with E-state index in [0.717, 1.165) is 0 Å². The molecule has 0 aromatic carbocycles. The fourth-order valence-electron chi connectivity index (χ4n) is 2.50. The molecule has 0 bridgehead atoms. The zero-order valence-electron chi connectivity index (χ0n) is 15.5. The van der Waals surface area contributed by atoms with Gasteiger partial charge in [-0.3, -0.25) is 0 Å². The Morgan fingerprint density at radius 1 is 1.08 bits per heavy atom. The number of nitrogens with one attached hydrogen (secondary N) is 1. The third-order valence-corrected chi connectivity index (χ3v) is 3.94. The normalized spacial score (nSPS) is 31.2. The van der Waals surface area contributed by atoms with Crippen molar-refractivity contribution in [1.82, 2.24) is 4.72 Å². The third-order valence-electron chi connectivity index (χ3n) is 3.38. The molecule has 0 radical (unpaired) electrons. The summed E-state index contributed by atoms with van der Waals surface area (Å²) in [7, 11) is -4.83. The highest BCUT2D eigenvalue weighted by molar-refractivity contribution is 7.83. The first-order valence-electron chi connectivity index (χ1n) is 8.40. The number of aliphatic hydroxyl groups is 1. The highest BCUT2D eigenvalue weighted by Crippen LogP contribution is 2.27. The van der Waals surface area contributed by atoms with Gasteiger partial charge in [-0.1, -0.05) is 0 Å². The summed E-state index contributed by atoms with van der Waals surface area (Å²) < 4.78 is 57.9. The van der Waals surface area contributed by atoms with Gasteiger partial charge in [-0.15, -0.1) is 0 Å². The van der Waals surface area contributed by atoms with Gasteiger partial charge in [0.25, 0.3) is 0 Å². The molecule has 25 heavy (non-hydrogen) atoms. The van der Waals surface area contributed by atoms with Crippen LogP contribution in [0.3, 0.4) is 0 Å². The van der Waals surface area contributed by atoms with Crippen LogP contribution in [0.5, 0.6) is 0 Å². The molecule has 1 rings (SSSR count). The first-order valence-corrected chi connectivity index (χ1v) is 9.80. The topological polar surface area (TPSA) is 126 Å². The molecule has 10 heteroatoms. The first-order chi connectivity index (χ1) is 11.4. The number of rotatable bonds is 9. The second-order valence-corrected chi connectivity index (χ2v) is 7.99. The maximum atomic E-state index is 11.1. The Morgan fingerprint density at radius 3 is 2.08 bits per heavy atom. The smallest absolute Gasteiger partial charge is 0.177 e. The Balaban J connectivity index is 3.07. The second-order valence-electron chi connectivity index (χ2n) is 6.85. The van der Waals surface area contributed by atoms with Gasteiger partial charge < -0.3 is 28.6 Å². The van der Waals surface area contributed by atoms with Crippen LogP contribution in [0.25, 0.3) is 0 Å². The molecule has 1 aliphatic heterocycles. The molecule has 2 N–H and O–H groups in total. The van der Waals surface area contributed by atoms with Crippen molar-refractivity contribution in [3.8, 4) is 0 Å². The van der Waals surface area contributed by atoms with Crippen LogP contribution in [0.1, 0.15) is 41.5 Å². The number of hydrogen-bond donors (Lipinski definition) is 2. The molecule has 0 saturated carbocycles. The Kier molecular flexibility index (Phi) is 8.69. The van der Waals surface area contributed by atoms with Crippen molar-refractivity contribution in [2.75, 3.05) is 6.61 Å². The van der Waals surface area contributed by atoms with Crippen LogP contribution in [0.15, 0.2) is 0 Å². The summed E-state index contributed by atoms with van der Waals surface area (Å²) in [5.74, 6) is 0. The van der Waals surface area contributed by atoms with Crippen molar-refractivity contribution in [3.05, 3.63) is 0 Å². The SMILES string of the molecule is CC(C)OCC1O[C@@H](OC(C)C)C(NS(=O)(=O)[O-])[C@@H](O)[C@@H]1OC(C)C. The summed E-state index contributed by atoms with van der Waals surface area (Å²) in [5, 5.41) is 10.7. The van der Waals surface area contributed by atoms with Crippen molar-refractivity contribution < 1.29 is 37.0 Å². The van der Waals surface area contributed by atoms with Crippen LogP contribution in [0.2, 0.25) is 0 Å². The van der Waals surface area contributed by atoms with Gasteiger partial charge in [0.1, 0.15) is 24.4 Å². The summed E-state index contributed by atoms with van der Waals surface area (Å²) >= 11 is 0. The molecule has 0 aliphatic carbocycles. The molecule has 1 saturated heterocycles. The molecular weight excluding hydrogens is 354 g/mol. The monoisotopic (exact) mass is 384 g/mol. The molecule has 9 nitrogen and oxygen atoms in total. The minimum Gasteiger partial charge on any atom is -0.735 e. The average molecular weight is 384 g/mol. The molecule has 1 aliphatic rings. The van der Waals surface area contributed by atoms with E-state index in [4.69, 9.17) is 18.9 Å². The molecule has 1 fully saturated rings. The van der Waals surface area contributed by atoms with Gasteiger partial charge in [0.05, 0.1) is 24.9 Å². The zero-order chi connectivity index (χ0) is 19.4. The van der Waals surface area contributed by atoms with E-state index in [-0.39, 0.29) is 24.9 Å². The maximum Gasteiger partial charge on any atom is 0.177 e. The molecule has 2 unspecified atom stereocenters. The van der Waals surface area contributed by atoms with Crippen molar-refractivity contribution >= 4 is 10.3 Å². The fourth-order valence-corrected chi connectivity index (χ4v) is 3.08. The molecule has 0 spiro atoms. The Labute approximate surface area is 149 Å². The van der Waals surface area contributed by atoms with Crippen LogP contribution in [0, 0.1) is 0 Å². The molecule has 0 aromatic heterocycles. The van der Waals surface area contributed by atoms with E-state index in [0.29, 0.717) is 0 Å². The fraction of sp³-hybridized carbons (Fsp3) is 1.00. The third kappa shape index (κ3) is 7.83. The maximum absolute atomic E-state index is 11.1. The average Bonchev–Trinajstić information content (AvgIpc) is 2.42. The van der Waals surface area contributed by atoms with E-state index in [9.17, 15) is 18.1 Å². The molecule has 5 atom stereocenters. The van der Waals surface area contributed by atoms with Crippen LogP contribution in [-0.2, 0) is 29.3 Å². The molecule has 0 aromatic rings. The Bertz CT molecular complexity index is 496. The molecule has 1 heterocycles. The summed E-state index contributed by atoms with van der Waals surface area (Å²) in [6.07, 6.45) is -4.69. The van der Waals surface area contributed by atoms with Crippen LogP contribution in [0.4, 0.5) is 0 Å². The molecule has 0 amide bonds. The van der Waals surface area contributed by atoms with Gasteiger partial charge in [-0.25, -0.2) is 13.1 Å². The van der Waals surface area contributed by atoms with E-state index >= 15 is 0 Å². The van der Waals surface area contributed by atoms with Gasteiger partial charge in [0, 0.05) is 0 Å². The lowest BCUT2D eigenvalue weighted by Gasteiger charge is -2.45. The van der Waals surface area contributed by atoms with Gasteiger partial charge in [-0.05, 0) is 41.5 Å². The largest absolute Gasteiger partial charge is 0.735 e.